The summed E-state index contributed by atoms with van der Waals surface area (Å²) >= 11 is 0. The van der Waals surface area contributed by atoms with Gasteiger partial charge in [-0.05, 0) is 50.6 Å². The van der Waals surface area contributed by atoms with Crippen molar-refractivity contribution in [2.24, 2.45) is 0 Å². The van der Waals surface area contributed by atoms with Gasteiger partial charge in [0.15, 0.2) is 5.54 Å². The molecular formula is C32H40N2O6S. The number of aliphatic hydroxyl groups is 1. The van der Waals surface area contributed by atoms with Crippen LogP contribution in [-0.2, 0) is 29.9 Å². The van der Waals surface area contributed by atoms with E-state index in [1.54, 1.807) is 37.3 Å². The molecule has 0 radical (unpaired) electrons. The molecule has 0 aliphatic heterocycles. The smallest absolute Gasteiger partial charge is 0.339 e. The highest BCUT2D eigenvalue weighted by Gasteiger charge is 2.45. The molecule has 41 heavy (non-hydrogen) atoms. The van der Waals surface area contributed by atoms with Crippen molar-refractivity contribution in [3.63, 3.8) is 0 Å². The molecule has 0 bridgehead atoms. The van der Waals surface area contributed by atoms with Crippen LogP contribution >= 0.6 is 0 Å². The highest BCUT2D eigenvalue weighted by Crippen LogP contribution is 2.35. The first-order chi connectivity index (χ1) is 19.6. The van der Waals surface area contributed by atoms with E-state index in [1.807, 2.05) is 6.92 Å². The summed E-state index contributed by atoms with van der Waals surface area (Å²) in [5.41, 5.74) is -0.140. The van der Waals surface area contributed by atoms with Gasteiger partial charge < -0.3 is 15.2 Å². The number of hydrogen-bond acceptors (Lipinski definition) is 6. The third kappa shape index (κ3) is 7.38. The second-order valence-electron chi connectivity index (χ2n) is 10.2. The third-order valence-electron chi connectivity index (χ3n) is 6.95. The highest BCUT2D eigenvalue weighted by molar-refractivity contribution is 7.90. The summed E-state index contributed by atoms with van der Waals surface area (Å²) in [6, 6.07) is 11.5. The van der Waals surface area contributed by atoms with Crippen LogP contribution in [-0.4, -0.2) is 42.6 Å². The molecule has 3 aromatic rings. The van der Waals surface area contributed by atoms with Crippen molar-refractivity contribution in [2.45, 2.75) is 83.1 Å². The van der Waals surface area contributed by atoms with E-state index in [0.717, 1.165) is 28.8 Å². The Bertz CT molecular complexity index is 1530. The summed E-state index contributed by atoms with van der Waals surface area (Å²) in [6.07, 6.45) is 8.98. The number of nitrogens with one attached hydrogen (secondary N) is 1. The quantitative estimate of drug-likeness (QED) is 0.164. The number of rotatable bonds is 13. The van der Waals surface area contributed by atoms with Crippen molar-refractivity contribution < 1.29 is 27.9 Å². The lowest BCUT2D eigenvalue weighted by Gasteiger charge is -2.30. The summed E-state index contributed by atoms with van der Waals surface area (Å²) in [5.74, 6) is 4.84. The molecule has 220 valence electrons. The van der Waals surface area contributed by atoms with Crippen LogP contribution in [0.5, 0.6) is 0 Å². The van der Waals surface area contributed by atoms with Crippen LogP contribution < -0.4 is 5.32 Å². The minimum atomic E-state index is -4.11. The number of hydrogen-bond donors (Lipinski definition) is 2. The number of ether oxygens (including phenoxy) is 1. The molecular weight excluding hydrogens is 540 g/mol. The van der Waals surface area contributed by atoms with Gasteiger partial charge in [-0.1, -0.05) is 68.6 Å². The Morgan fingerprint density at radius 2 is 1.71 bits per heavy atom. The van der Waals surface area contributed by atoms with E-state index >= 15 is 0 Å². The van der Waals surface area contributed by atoms with Gasteiger partial charge in [-0.15, -0.1) is 0 Å². The van der Waals surface area contributed by atoms with Crippen LogP contribution in [0.3, 0.4) is 0 Å². The van der Waals surface area contributed by atoms with Gasteiger partial charge in [0.25, 0.3) is 10.0 Å². The molecule has 0 aliphatic rings. The Labute approximate surface area is 243 Å². The number of nitrogens with zero attached hydrogens (tertiary/aromatic N) is 1. The number of aryl methyl sites for hydroxylation is 1. The van der Waals surface area contributed by atoms with Crippen molar-refractivity contribution in [3.8, 4) is 11.8 Å². The molecule has 1 aromatic heterocycles. The summed E-state index contributed by atoms with van der Waals surface area (Å²) in [7, 11) is -4.11. The fraction of sp³-hybridized carbons (Fsp3) is 0.438. The van der Waals surface area contributed by atoms with E-state index in [0.29, 0.717) is 10.9 Å². The van der Waals surface area contributed by atoms with Crippen molar-refractivity contribution >= 4 is 32.8 Å². The molecule has 0 aliphatic carbocycles. The molecule has 1 atom stereocenters. The Balaban J connectivity index is 2.16. The van der Waals surface area contributed by atoms with E-state index in [1.165, 1.54) is 50.9 Å². The van der Waals surface area contributed by atoms with Crippen LogP contribution in [0.15, 0.2) is 53.6 Å². The fourth-order valence-corrected chi connectivity index (χ4v) is 6.14. The van der Waals surface area contributed by atoms with Gasteiger partial charge in [0.05, 0.1) is 23.6 Å². The number of carbonyl (C=O) groups is 2. The van der Waals surface area contributed by atoms with E-state index < -0.39 is 34.0 Å². The predicted molar refractivity (Wildman–Crippen MR) is 160 cm³/mol. The Hall–Kier alpha value is -3.61. The second kappa shape index (κ2) is 14.3. The zero-order chi connectivity index (χ0) is 30.0. The summed E-state index contributed by atoms with van der Waals surface area (Å²) in [5, 5.41) is 13.4. The van der Waals surface area contributed by atoms with Gasteiger partial charge in [0.2, 0.25) is 5.91 Å². The number of benzene rings is 2. The van der Waals surface area contributed by atoms with Gasteiger partial charge in [0, 0.05) is 36.1 Å². The molecule has 2 N–H and O–H groups in total. The highest BCUT2D eigenvalue weighted by atomic mass is 32.2. The topological polar surface area (TPSA) is 115 Å². The molecule has 1 unspecified atom stereocenters. The monoisotopic (exact) mass is 580 g/mol. The summed E-state index contributed by atoms with van der Waals surface area (Å²) in [4.78, 5) is 25.6. The molecule has 0 saturated carbocycles. The maximum Gasteiger partial charge on any atom is 0.339 e. The summed E-state index contributed by atoms with van der Waals surface area (Å²) in [6.45, 7) is 6.02. The first-order valence-electron chi connectivity index (χ1n) is 14.1. The lowest BCUT2D eigenvalue weighted by Crippen LogP contribution is -2.54. The first-order valence-corrected chi connectivity index (χ1v) is 15.6. The van der Waals surface area contributed by atoms with E-state index in [-0.39, 0.29) is 22.6 Å². The number of amides is 1. The number of unbranched alkanes of at least 4 members (excludes halogenated alkanes) is 6. The van der Waals surface area contributed by atoms with E-state index in [2.05, 4.69) is 24.1 Å². The number of aliphatic hydroxyl groups excluding tert-OH is 1. The number of aromatic nitrogens is 1. The lowest BCUT2D eigenvalue weighted by atomic mass is 9.89. The Morgan fingerprint density at radius 1 is 1.02 bits per heavy atom. The minimum absolute atomic E-state index is 0.00432. The third-order valence-corrected chi connectivity index (χ3v) is 8.63. The maximum absolute atomic E-state index is 13.8. The van der Waals surface area contributed by atoms with Crippen LogP contribution in [0.4, 0.5) is 0 Å². The molecule has 8 nitrogen and oxygen atoms in total. The van der Waals surface area contributed by atoms with Crippen LogP contribution in [0.2, 0.25) is 0 Å². The fourth-order valence-electron chi connectivity index (χ4n) is 4.77. The second-order valence-corrected chi connectivity index (χ2v) is 12.0. The zero-order valence-corrected chi connectivity index (χ0v) is 25.1. The van der Waals surface area contributed by atoms with Crippen molar-refractivity contribution in [3.05, 3.63) is 65.4 Å². The van der Waals surface area contributed by atoms with Crippen LogP contribution in [0.25, 0.3) is 10.9 Å². The normalized spacial score (nSPS) is 12.8. The maximum atomic E-state index is 13.8. The Kier molecular flexibility index (Phi) is 11.2. The van der Waals surface area contributed by atoms with Gasteiger partial charge in [-0.2, -0.15) is 0 Å². The van der Waals surface area contributed by atoms with Crippen molar-refractivity contribution in [1.29, 1.82) is 0 Å². The van der Waals surface area contributed by atoms with Crippen LogP contribution in [0.1, 0.15) is 82.4 Å². The zero-order valence-electron chi connectivity index (χ0n) is 24.3. The average molecular weight is 581 g/mol. The van der Waals surface area contributed by atoms with Gasteiger partial charge in [-0.3, -0.25) is 4.79 Å². The van der Waals surface area contributed by atoms with Gasteiger partial charge in [-0.25, -0.2) is 17.2 Å². The number of fused-ring (bicyclic) bond motifs is 1. The molecule has 0 saturated heterocycles. The van der Waals surface area contributed by atoms with Gasteiger partial charge >= 0.3 is 5.97 Å². The average Bonchev–Trinajstić information content (AvgIpc) is 3.33. The molecule has 9 heteroatoms. The molecule has 0 fully saturated rings. The Morgan fingerprint density at radius 3 is 2.34 bits per heavy atom. The SMILES string of the molecule is CCCCCCCCC#Cc1ccc2c(c1)c(C(CO)(NC(C)=O)C(=O)OCC)cn2S(=O)(=O)c1ccc(C)cc1. The van der Waals surface area contributed by atoms with E-state index in [9.17, 15) is 23.1 Å². The molecule has 2 aromatic carbocycles. The minimum Gasteiger partial charge on any atom is -0.464 e. The first kappa shape index (κ1) is 31.9. The van der Waals surface area contributed by atoms with Crippen LogP contribution in [0, 0.1) is 18.8 Å². The van der Waals surface area contributed by atoms with E-state index in [4.69, 9.17) is 4.74 Å². The van der Waals surface area contributed by atoms with Crippen molar-refractivity contribution in [2.75, 3.05) is 13.2 Å². The number of esters is 1. The van der Waals surface area contributed by atoms with Crippen molar-refractivity contribution in [1.82, 2.24) is 9.29 Å². The molecule has 1 amide bonds. The molecule has 0 spiro atoms. The largest absolute Gasteiger partial charge is 0.464 e. The molecule has 3 rings (SSSR count). The number of carbonyl (C=O) groups excluding carboxylic acids is 2. The lowest BCUT2D eigenvalue weighted by molar-refractivity contribution is -0.155. The predicted octanol–water partition coefficient (Wildman–Crippen LogP) is 5.18. The molecule has 1 heterocycles. The van der Waals surface area contributed by atoms with Gasteiger partial charge in [0.1, 0.15) is 0 Å². The standard InChI is InChI=1S/C32H40N2O6S/c1-5-7-8-9-10-11-12-13-14-26-17-20-30-28(21-26)29(32(23-35,33-25(4)36)31(37)40-6-2)22-34(30)41(38,39)27-18-15-24(3)16-19-27/h15-22,35H,5-12,23H2,1-4H3,(H,33,36). The summed E-state index contributed by atoms with van der Waals surface area (Å²) < 4.78 is 33.9.